The summed E-state index contributed by atoms with van der Waals surface area (Å²) in [4.78, 5) is 0. The van der Waals surface area contributed by atoms with Gasteiger partial charge in [-0.2, -0.15) is 8.42 Å². The highest BCUT2D eigenvalue weighted by Gasteiger charge is 2.15. The van der Waals surface area contributed by atoms with Gasteiger partial charge in [-0.1, -0.05) is 29.1 Å². The first-order chi connectivity index (χ1) is 10.9. The van der Waals surface area contributed by atoms with Gasteiger partial charge in [0.05, 0.1) is 0 Å². The van der Waals surface area contributed by atoms with Gasteiger partial charge in [0.1, 0.15) is 5.75 Å². The molecule has 1 aromatic rings. The Kier molecular flexibility index (Phi) is 9.38. The Labute approximate surface area is 141 Å². The second-order valence-corrected chi connectivity index (χ2v) is 7.05. The minimum absolute atomic E-state index is 0.235. The lowest BCUT2D eigenvalue weighted by atomic mass is 9.99. The number of aryl methyl sites for hydroxylation is 1. The molecule has 0 saturated heterocycles. The van der Waals surface area contributed by atoms with Crippen molar-refractivity contribution in [1.29, 1.82) is 0 Å². The van der Waals surface area contributed by atoms with Gasteiger partial charge in [-0.15, -0.1) is 8.67 Å². The lowest BCUT2D eigenvalue weighted by molar-refractivity contribution is -0.432. The normalized spacial score (nSPS) is 11.8. The second-order valence-electron chi connectivity index (χ2n) is 4.28. The first-order valence-corrected chi connectivity index (χ1v) is 9.62. The maximum absolute atomic E-state index is 11.1. The SMILES string of the molecule is CCc1cc(CSOOO)c(CSOOO)cc1CS(=O)(=O)O. The minimum Gasteiger partial charge on any atom is -0.285 e. The molecular formula is C11H16O9S3. The summed E-state index contributed by atoms with van der Waals surface area (Å²) in [7, 11) is -4.17. The molecule has 0 unspecified atom stereocenters. The van der Waals surface area contributed by atoms with Crippen LogP contribution >= 0.6 is 24.1 Å². The van der Waals surface area contributed by atoms with Crippen LogP contribution in [-0.2, 0) is 52.5 Å². The second kappa shape index (κ2) is 10.5. The molecule has 9 nitrogen and oxygen atoms in total. The molecule has 0 atom stereocenters. The molecule has 0 amide bonds. The van der Waals surface area contributed by atoms with Gasteiger partial charge in [0, 0.05) is 35.6 Å². The molecule has 0 saturated carbocycles. The molecule has 132 valence electrons. The van der Waals surface area contributed by atoms with Crippen LogP contribution in [-0.4, -0.2) is 23.5 Å². The van der Waals surface area contributed by atoms with Crippen molar-refractivity contribution in [3.05, 3.63) is 34.4 Å². The summed E-state index contributed by atoms with van der Waals surface area (Å²) in [6, 6.07) is 3.39. The topological polar surface area (TPSA) is 132 Å². The van der Waals surface area contributed by atoms with Crippen LogP contribution in [0.1, 0.15) is 29.2 Å². The van der Waals surface area contributed by atoms with E-state index in [1.807, 2.05) is 6.92 Å². The highest BCUT2D eigenvalue weighted by molar-refractivity contribution is 7.94. The van der Waals surface area contributed by atoms with E-state index in [2.05, 4.69) is 18.7 Å². The zero-order valence-electron chi connectivity index (χ0n) is 12.0. The van der Waals surface area contributed by atoms with Gasteiger partial charge in [0.2, 0.25) is 0 Å². The Morgan fingerprint density at radius 1 is 0.957 bits per heavy atom. The smallest absolute Gasteiger partial charge is 0.269 e. The fourth-order valence-electron chi connectivity index (χ4n) is 1.94. The molecule has 0 aromatic heterocycles. The van der Waals surface area contributed by atoms with Gasteiger partial charge in [-0.25, -0.2) is 10.5 Å². The Balaban J connectivity index is 3.09. The molecule has 1 aromatic carbocycles. The Morgan fingerprint density at radius 3 is 1.83 bits per heavy atom. The Morgan fingerprint density at radius 2 is 1.43 bits per heavy atom. The third kappa shape index (κ3) is 7.80. The molecule has 0 fully saturated rings. The summed E-state index contributed by atoms with van der Waals surface area (Å²) in [5.74, 6) is 0.0311. The van der Waals surface area contributed by atoms with Crippen LogP contribution in [0.25, 0.3) is 0 Å². The van der Waals surface area contributed by atoms with E-state index in [0.29, 0.717) is 23.3 Å². The fourth-order valence-corrected chi connectivity index (χ4v) is 3.57. The van der Waals surface area contributed by atoms with E-state index < -0.39 is 15.9 Å². The van der Waals surface area contributed by atoms with Crippen molar-refractivity contribution >= 4 is 34.2 Å². The lowest BCUT2D eigenvalue weighted by Crippen LogP contribution is -2.07. The standard InChI is InChI=1S/C11H16O9S3/c1-2-8-3-9(5-21-19-17-12)10(6-22-20-18-13)4-11(8)7-23(14,15)16/h3-4,12-13H,2,5-7H2,1H3,(H,14,15,16). The zero-order chi connectivity index (χ0) is 17.3. The van der Waals surface area contributed by atoms with Crippen molar-refractivity contribution < 1.29 is 42.2 Å². The summed E-state index contributed by atoms with van der Waals surface area (Å²) < 4.78 is 40.0. The third-order valence-electron chi connectivity index (χ3n) is 2.83. The predicted octanol–water partition coefficient (Wildman–Crippen LogP) is 2.78. The molecule has 1 rings (SSSR count). The summed E-state index contributed by atoms with van der Waals surface area (Å²) in [6.07, 6.45) is 0.559. The van der Waals surface area contributed by atoms with Crippen LogP contribution in [0, 0.1) is 0 Å². The molecule has 0 radical (unpaired) electrons. The van der Waals surface area contributed by atoms with Gasteiger partial charge < -0.3 is 0 Å². The van der Waals surface area contributed by atoms with E-state index in [1.165, 1.54) is 0 Å². The molecule has 0 aliphatic carbocycles. The number of benzene rings is 1. The van der Waals surface area contributed by atoms with Gasteiger partial charge in [0.15, 0.2) is 0 Å². The first-order valence-electron chi connectivity index (χ1n) is 6.19. The Hall–Kier alpha value is -0.410. The van der Waals surface area contributed by atoms with E-state index in [-0.39, 0.29) is 5.75 Å². The fraction of sp³-hybridized carbons (Fsp3) is 0.455. The summed E-state index contributed by atoms with van der Waals surface area (Å²) >= 11 is 1.61. The van der Waals surface area contributed by atoms with Gasteiger partial charge in [0.25, 0.3) is 10.1 Å². The maximum atomic E-state index is 11.1. The van der Waals surface area contributed by atoms with Crippen molar-refractivity contribution in [2.75, 3.05) is 0 Å². The third-order valence-corrected chi connectivity index (χ3v) is 4.67. The van der Waals surface area contributed by atoms with Gasteiger partial charge in [-0.3, -0.25) is 4.55 Å². The van der Waals surface area contributed by atoms with Crippen LogP contribution in [0.15, 0.2) is 12.1 Å². The molecule has 0 aliphatic heterocycles. The van der Waals surface area contributed by atoms with Crippen molar-refractivity contribution in [3.63, 3.8) is 0 Å². The lowest BCUT2D eigenvalue weighted by Gasteiger charge is -2.14. The van der Waals surface area contributed by atoms with E-state index in [9.17, 15) is 8.42 Å². The number of hydrogen-bond donors (Lipinski definition) is 3. The van der Waals surface area contributed by atoms with Crippen LogP contribution in [0.2, 0.25) is 0 Å². The van der Waals surface area contributed by atoms with E-state index >= 15 is 0 Å². The molecule has 0 spiro atoms. The monoisotopic (exact) mass is 388 g/mol. The summed E-state index contributed by atoms with van der Waals surface area (Å²) in [5.41, 5.74) is 2.66. The molecular weight excluding hydrogens is 372 g/mol. The molecule has 3 N–H and O–H groups in total. The van der Waals surface area contributed by atoms with Crippen LogP contribution in [0.3, 0.4) is 0 Å². The predicted molar refractivity (Wildman–Crippen MR) is 83.3 cm³/mol. The van der Waals surface area contributed by atoms with Gasteiger partial charge in [-0.05, 0) is 28.7 Å². The highest BCUT2D eigenvalue weighted by atomic mass is 32.2. The maximum Gasteiger partial charge on any atom is 0.269 e. The van der Waals surface area contributed by atoms with E-state index in [1.54, 1.807) is 12.1 Å². The van der Waals surface area contributed by atoms with Crippen molar-refractivity contribution in [2.24, 2.45) is 0 Å². The first kappa shape index (κ1) is 20.6. The molecule has 0 heterocycles. The molecule has 0 bridgehead atoms. The van der Waals surface area contributed by atoms with Crippen LogP contribution < -0.4 is 0 Å². The van der Waals surface area contributed by atoms with Crippen LogP contribution in [0.5, 0.6) is 0 Å². The summed E-state index contributed by atoms with van der Waals surface area (Å²) in [5, 5.41) is 23.3. The van der Waals surface area contributed by atoms with Crippen molar-refractivity contribution in [3.8, 4) is 0 Å². The van der Waals surface area contributed by atoms with Crippen molar-refractivity contribution in [1.82, 2.24) is 0 Å². The average Bonchev–Trinajstić information content (AvgIpc) is 2.48. The largest absolute Gasteiger partial charge is 0.285 e. The van der Waals surface area contributed by atoms with E-state index in [0.717, 1.165) is 35.2 Å². The molecule has 0 aliphatic rings. The average molecular weight is 388 g/mol. The highest BCUT2D eigenvalue weighted by Crippen LogP contribution is 2.27. The zero-order valence-corrected chi connectivity index (χ0v) is 14.4. The minimum atomic E-state index is -4.17. The Bertz CT molecular complexity index is 591. The van der Waals surface area contributed by atoms with Crippen molar-refractivity contribution in [2.45, 2.75) is 30.6 Å². The van der Waals surface area contributed by atoms with Crippen LogP contribution in [0.4, 0.5) is 0 Å². The van der Waals surface area contributed by atoms with Gasteiger partial charge >= 0.3 is 0 Å². The quantitative estimate of drug-likeness (QED) is 0.170. The van der Waals surface area contributed by atoms with E-state index in [4.69, 9.17) is 15.1 Å². The number of hydrogen-bond acceptors (Lipinski definition) is 10. The number of rotatable bonds is 11. The molecule has 12 heteroatoms. The molecule has 23 heavy (non-hydrogen) atoms. The summed E-state index contributed by atoms with van der Waals surface area (Å²) in [6.45, 7) is 1.85.